The highest BCUT2D eigenvalue weighted by Gasteiger charge is 2.50. The molecule has 10 heteroatoms. The highest BCUT2D eigenvalue weighted by Crippen LogP contribution is 2.45. The Kier molecular flexibility index (Phi) is 5.67. The number of likely N-dealkylation sites (tertiary alicyclic amines) is 1. The number of halogens is 3. The fourth-order valence-corrected chi connectivity index (χ4v) is 5.74. The maximum atomic E-state index is 13.4. The summed E-state index contributed by atoms with van der Waals surface area (Å²) >= 11 is 1.36. The Morgan fingerprint density at radius 2 is 2.12 bits per heavy atom. The summed E-state index contributed by atoms with van der Waals surface area (Å²) in [6, 6.07) is 5.32. The summed E-state index contributed by atoms with van der Waals surface area (Å²) in [7, 11) is 0. The lowest BCUT2D eigenvalue weighted by molar-refractivity contribution is -0.137. The number of rotatable bonds is 3. The van der Waals surface area contributed by atoms with Crippen molar-refractivity contribution in [3.05, 3.63) is 44.9 Å². The third-order valence-corrected chi connectivity index (χ3v) is 7.69. The molecule has 0 unspecified atom stereocenters. The van der Waals surface area contributed by atoms with Crippen LogP contribution in [0.2, 0.25) is 0 Å². The minimum atomic E-state index is -4.63. The Bertz CT molecular complexity index is 1090. The number of carbonyl (C=O) groups is 1. The molecule has 0 radical (unpaired) electrons. The third kappa shape index (κ3) is 3.84. The Hall–Kier alpha value is -2.64. The average molecular weight is 465 g/mol. The van der Waals surface area contributed by atoms with E-state index < -0.39 is 22.7 Å². The van der Waals surface area contributed by atoms with Gasteiger partial charge in [-0.2, -0.15) is 18.4 Å². The van der Waals surface area contributed by atoms with E-state index in [1.807, 2.05) is 11.8 Å². The molecule has 32 heavy (non-hydrogen) atoms. The van der Waals surface area contributed by atoms with Crippen molar-refractivity contribution in [2.45, 2.75) is 26.4 Å². The highest BCUT2D eigenvalue weighted by molar-refractivity contribution is 7.13. The van der Waals surface area contributed by atoms with Gasteiger partial charge in [0.15, 0.2) is 0 Å². The Balaban J connectivity index is 1.58. The predicted molar refractivity (Wildman–Crippen MR) is 113 cm³/mol. The number of nitrogens with zero attached hydrogens (tertiary/aromatic N) is 4. The number of aryl methyl sites for hydroxylation is 2. The third-order valence-electron chi connectivity index (χ3n) is 6.63. The number of aromatic nitrogens is 1. The fourth-order valence-electron chi connectivity index (χ4n) is 4.86. The zero-order valence-corrected chi connectivity index (χ0v) is 18.6. The average Bonchev–Trinajstić information content (AvgIpc) is 3.31. The first-order valence-electron chi connectivity index (χ1n) is 10.3. The Labute approximate surface area is 187 Å². The molecule has 6 nitrogen and oxygen atoms in total. The minimum Gasteiger partial charge on any atom is -0.396 e. The largest absolute Gasteiger partial charge is 0.417 e. The van der Waals surface area contributed by atoms with Crippen LogP contribution in [0.25, 0.3) is 0 Å². The van der Waals surface area contributed by atoms with Gasteiger partial charge in [0.1, 0.15) is 4.88 Å². The molecule has 170 valence electrons. The molecular formula is C22H23F3N4O2S. The molecule has 4 rings (SSSR count). The second-order valence-corrected chi connectivity index (χ2v) is 9.79. The Morgan fingerprint density at radius 1 is 1.38 bits per heavy atom. The van der Waals surface area contributed by atoms with Gasteiger partial charge in [-0.05, 0) is 38.5 Å². The number of aliphatic hydroxyl groups excluding tert-OH is 1. The molecule has 0 spiro atoms. The first kappa shape index (κ1) is 22.6. The van der Waals surface area contributed by atoms with Crippen molar-refractivity contribution >= 4 is 22.9 Å². The van der Waals surface area contributed by atoms with E-state index in [0.29, 0.717) is 48.9 Å². The van der Waals surface area contributed by atoms with E-state index in [2.05, 4.69) is 4.98 Å². The molecule has 2 fully saturated rings. The summed E-state index contributed by atoms with van der Waals surface area (Å²) in [5.74, 6) is -0.166. The molecule has 2 saturated heterocycles. The molecule has 0 aliphatic carbocycles. The van der Waals surface area contributed by atoms with E-state index in [-0.39, 0.29) is 18.4 Å². The van der Waals surface area contributed by atoms with Crippen molar-refractivity contribution in [2.75, 3.05) is 37.7 Å². The quantitative estimate of drug-likeness (QED) is 0.751. The molecule has 2 atom stereocenters. The van der Waals surface area contributed by atoms with Crippen LogP contribution in [0, 0.1) is 36.5 Å². The van der Waals surface area contributed by atoms with Gasteiger partial charge < -0.3 is 14.9 Å². The lowest BCUT2D eigenvalue weighted by Crippen LogP contribution is -2.50. The normalized spacial score (nSPS) is 23.2. The monoisotopic (exact) mass is 464 g/mol. The number of hydrogen-bond donors (Lipinski definition) is 1. The summed E-state index contributed by atoms with van der Waals surface area (Å²) in [4.78, 5) is 21.6. The molecule has 2 aliphatic heterocycles. The van der Waals surface area contributed by atoms with E-state index in [1.165, 1.54) is 23.5 Å². The highest BCUT2D eigenvalue weighted by atomic mass is 32.1. The van der Waals surface area contributed by atoms with E-state index in [4.69, 9.17) is 5.26 Å². The van der Waals surface area contributed by atoms with Crippen LogP contribution >= 0.6 is 11.3 Å². The van der Waals surface area contributed by atoms with Crippen LogP contribution in [-0.4, -0.2) is 53.7 Å². The van der Waals surface area contributed by atoms with Crippen LogP contribution in [0.15, 0.2) is 18.2 Å². The molecule has 0 bridgehead atoms. The standard InChI is InChI=1S/C22H23F3N4O2S/c1-13-19(32-14(2)27-13)20(31)28-6-5-21(12-30)11-29(10-16(21)9-28)17-4-3-15(8-26)18(7-17)22(23,24)25/h3-4,7,16,30H,5-6,9-12H2,1-2H3/t16-,21+/m1/s1. The van der Waals surface area contributed by atoms with Crippen molar-refractivity contribution in [2.24, 2.45) is 11.3 Å². The lowest BCUT2D eigenvalue weighted by atomic mass is 9.73. The molecule has 1 N–H and O–H groups in total. The van der Waals surface area contributed by atoms with Crippen LogP contribution < -0.4 is 4.90 Å². The van der Waals surface area contributed by atoms with Crippen molar-refractivity contribution in [3.8, 4) is 6.07 Å². The molecular weight excluding hydrogens is 441 g/mol. The van der Waals surface area contributed by atoms with Gasteiger partial charge in [-0.1, -0.05) is 0 Å². The number of fused-ring (bicyclic) bond motifs is 1. The molecule has 1 aromatic carbocycles. The second-order valence-electron chi connectivity index (χ2n) is 8.59. The molecule has 1 aromatic heterocycles. The number of hydrogen-bond acceptors (Lipinski definition) is 6. The smallest absolute Gasteiger partial charge is 0.396 e. The number of aliphatic hydroxyl groups is 1. The fraction of sp³-hybridized carbons (Fsp3) is 0.500. The molecule has 3 heterocycles. The number of amides is 1. The van der Waals surface area contributed by atoms with Crippen LogP contribution in [0.1, 0.15) is 37.9 Å². The number of benzene rings is 1. The van der Waals surface area contributed by atoms with Crippen LogP contribution in [0.5, 0.6) is 0 Å². The predicted octanol–water partition coefficient (Wildman–Crippen LogP) is 3.61. The van der Waals surface area contributed by atoms with Crippen LogP contribution in [0.4, 0.5) is 18.9 Å². The van der Waals surface area contributed by atoms with Gasteiger partial charge in [0, 0.05) is 43.2 Å². The minimum absolute atomic E-state index is 0.0792. The van der Waals surface area contributed by atoms with E-state index >= 15 is 0 Å². The summed E-state index contributed by atoms with van der Waals surface area (Å²) in [5.41, 5.74) is -0.797. The number of piperidine rings is 1. The van der Waals surface area contributed by atoms with Gasteiger partial charge in [0.05, 0.1) is 34.5 Å². The molecule has 0 saturated carbocycles. The molecule has 1 amide bonds. The van der Waals surface area contributed by atoms with Gasteiger partial charge in [0.2, 0.25) is 0 Å². The lowest BCUT2D eigenvalue weighted by Gasteiger charge is -2.42. The number of anilines is 1. The number of carbonyl (C=O) groups excluding carboxylic acids is 1. The van der Waals surface area contributed by atoms with Crippen molar-refractivity contribution in [1.29, 1.82) is 5.26 Å². The number of thiazole rings is 1. The first-order valence-corrected chi connectivity index (χ1v) is 11.1. The summed E-state index contributed by atoms with van der Waals surface area (Å²) < 4.78 is 40.3. The molecule has 2 aliphatic rings. The summed E-state index contributed by atoms with van der Waals surface area (Å²) in [5, 5.41) is 20.1. The Morgan fingerprint density at radius 3 is 2.72 bits per heavy atom. The summed E-state index contributed by atoms with van der Waals surface area (Å²) in [6.07, 6.45) is -4.06. The van der Waals surface area contributed by atoms with E-state index in [9.17, 15) is 23.1 Å². The zero-order chi connectivity index (χ0) is 23.3. The van der Waals surface area contributed by atoms with Crippen molar-refractivity contribution in [1.82, 2.24) is 9.88 Å². The van der Waals surface area contributed by atoms with Gasteiger partial charge in [-0.15, -0.1) is 11.3 Å². The van der Waals surface area contributed by atoms with Crippen LogP contribution in [-0.2, 0) is 6.18 Å². The van der Waals surface area contributed by atoms with E-state index in [1.54, 1.807) is 17.9 Å². The van der Waals surface area contributed by atoms with Gasteiger partial charge in [-0.25, -0.2) is 4.98 Å². The zero-order valence-electron chi connectivity index (χ0n) is 17.7. The maximum Gasteiger partial charge on any atom is 0.417 e. The van der Waals surface area contributed by atoms with Gasteiger partial charge in [-0.3, -0.25) is 4.79 Å². The number of alkyl halides is 3. The second kappa shape index (κ2) is 8.05. The molecule has 2 aromatic rings. The van der Waals surface area contributed by atoms with Gasteiger partial charge >= 0.3 is 6.18 Å². The van der Waals surface area contributed by atoms with Crippen LogP contribution in [0.3, 0.4) is 0 Å². The van der Waals surface area contributed by atoms with E-state index in [0.717, 1.165) is 11.1 Å². The summed E-state index contributed by atoms with van der Waals surface area (Å²) in [6.45, 7) is 5.28. The van der Waals surface area contributed by atoms with Gasteiger partial charge in [0.25, 0.3) is 5.91 Å². The number of nitriles is 1. The maximum absolute atomic E-state index is 13.4. The SMILES string of the molecule is Cc1nc(C)c(C(=O)N2CC[C@@]3(CO)CN(c4ccc(C#N)c(C(F)(F)F)c4)C[C@H]3C2)s1. The van der Waals surface area contributed by atoms with Crippen molar-refractivity contribution < 1.29 is 23.1 Å². The first-order chi connectivity index (χ1) is 15.1. The topological polar surface area (TPSA) is 80.5 Å². The van der Waals surface area contributed by atoms with Crippen molar-refractivity contribution in [3.63, 3.8) is 0 Å².